The van der Waals surface area contributed by atoms with Gasteiger partial charge in [0.05, 0.1) is 17.9 Å². The fraction of sp³-hybridized carbons (Fsp3) is 0.185. The van der Waals surface area contributed by atoms with Crippen LogP contribution in [0, 0.1) is 0 Å². The lowest BCUT2D eigenvalue weighted by molar-refractivity contribution is 0.0734. The van der Waals surface area contributed by atoms with Crippen LogP contribution in [0.1, 0.15) is 42.1 Å². The van der Waals surface area contributed by atoms with Crippen molar-refractivity contribution in [3.05, 3.63) is 96.1 Å². The number of benzene rings is 3. The van der Waals surface area contributed by atoms with Crippen LogP contribution in [0.5, 0.6) is 11.5 Å². The topological polar surface area (TPSA) is 47.9 Å². The van der Waals surface area contributed by atoms with E-state index in [1.807, 2.05) is 54.6 Å². The molecule has 0 bridgehead atoms. The van der Waals surface area contributed by atoms with E-state index in [2.05, 4.69) is 11.9 Å². The van der Waals surface area contributed by atoms with Gasteiger partial charge in [-0.25, -0.2) is 4.79 Å². The number of hydrogen-bond acceptors (Lipinski definition) is 4. The number of unbranched alkanes of at least 4 members (excludes halogenated alkanes) is 2. The molecule has 0 saturated heterocycles. The zero-order valence-corrected chi connectivity index (χ0v) is 17.7. The SMILES string of the molecule is CCCCCOc1ccc(C(=O)Oc2ccc(N=CC=Cc3ccccc3)cc2)cc1. The number of aliphatic imine (C=N–C) groups is 1. The van der Waals surface area contributed by atoms with E-state index in [-0.39, 0.29) is 0 Å². The number of hydrogen-bond donors (Lipinski definition) is 0. The Hall–Kier alpha value is -3.66. The van der Waals surface area contributed by atoms with Crippen LogP contribution in [0.2, 0.25) is 0 Å². The van der Waals surface area contributed by atoms with Gasteiger partial charge < -0.3 is 9.47 Å². The Labute approximate surface area is 183 Å². The lowest BCUT2D eigenvalue weighted by atomic mass is 10.2. The van der Waals surface area contributed by atoms with E-state index >= 15 is 0 Å². The van der Waals surface area contributed by atoms with Crippen molar-refractivity contribution in [2.75, 3.05) is 6.61 Å². The lowest BCUT2D eigenvalue weighted by Crippen LogP contribution is -2.08. The van der Waals surface area contributed by atoms with Crippen molar-refractivity contribution in [2.45, 2.75) is 26.2 Å². The third kappa shape index (κ3) is 7.59. The number of allylic oxidation sites excluding steroid dienone is 1. The zero-order valence-electron chi connectivity index (χ0n) is 17.7. The van der Waals surface area contributed by atoms with Gasteiger partial charge in [0.25, 0.3) is 0 Å². The highest BCUT2D eigenvalue weighted by molar-refractivity contribution is 5.91. The summed E-state index contributed by atoms with van der Waals surface area (Å²) in [5.74, 6) is 0.833. The van der Waals surface area contributed by atoms with Gasteiger partial charge in [-0.1, -0.05) is 56.2 Å². The van der Waals surface area contributed by atoms with Crippen LogP contribution in [-0.4, -0.2) is 18.8 Å². The highest BCUT2D eigenvalue weighted by Gasteiger charge is 2.09. The summed E-state index contributed by atoms with van der Waals surface area (Å²) in [5, 5.41) is 0. The van der Waals surface area contributed by atoms with Crippen molar-refractivity contribution in [2.24, 2.45) is 4.99 Å². The third-order valence-corrected chi connectivity index (χ3v) is 4.55. The van der Waals surface area contributed by atoms with Crippen molar-refractivity contribution in [1.82, 2.24) is 0 Å². The fourth-order valence-corrected chi connectivity index (χ4v) is 2.84. The second-order valence-electron chi connectivity index (χ2n) is 7.01. The smallest absolute Gasteiger partial charge is 0.343 e. The normalized spacial score (nSPS) is 11.1. The molecule has 3 aromatic carbocycles. The Bertz CT molecular complexity index is 991. The molecule has 3 rings (SSSR count). The number of carbonyl (C=O) groups excluding carboxylic acids is 1. The molecule has 3 aromatic rings. The van der Waals surface area contributed by atoms with Gasteiger partial charge in [-0.05, 0) is 66.6 Å². The minimum Gasteiger partial charge on any atom is -0.494 e. The minimum atomic E-state index is -0.403. The van der Waals surface area contributed by atoms with Gasteiger partial charge in [-0.2, -0.15) is 0 Å². The van der Waals surface area contributed by atoms with Crippen molar-refractivity contribution in [3.8, 4) is 11.5 Å². The number of ether oxygens (including phenoxy) is 2. The highest BCUT2D eigenvalue weighted by atomic mass is 16.5. The maximum absolute atomic E-state index is 12.4. The molecule has 4 nitrogen and oxygen atoms in total. The molecule has 0 aliphatic rings. The number of nitrogens with zero attached hydrogens (tertiary/aromatic N) is 1. The predicted molar refractivity (Wildman–Crippen MR) is 126 cm³/mol. The molecule has 0 aromatic heterocycles. The van der Waals surface area contributed by atoms with Gasteiger partial charge in [0.1, 0.15) is 11.5 Å². The molecule has 0 N–H and O–H groups in total. The molecule has 0 saturated carbocycles. The van der Waals surface area contributed by atoms with Crippen molar-refractivity contribution in [1.29, 1.82) is 0 Å². The van der Waals surface area contributed by atoms with Gasteiger partial charge >= 0.3 is 5.97 Å². The molecule has 0 fully saturated rings. The quantitative estimate of drug-likeness (QED) is 0.157. The van der Waals surface area contributed by atoms with Gasteiger partial charge in [0, 0.05) is 6.21 Å². The van der Waals surface area contributed by atoms with Gasteiger partial charge in [-0.3, -0.25) is 4.99 Å². The van der Waals surface area contributed by atoms with Crippen LogP contribution in [0.4, 0.5) is 5.69 Å². The minimum absolute atomic E-state index is 0.403. The van der Waals surface area contributed by atoms with E-state index in [1.54, 1.807) is 42.6 Å². The van der Waals surface area contributed by atoms with Gasteiger partial charge in [0.2, 0.25) is 0 Å². The van der Waals surface area contributed by atoms with Gasteiger partial charge in [0.15, 0.2) is 0 Å². The number of rotatable bonds is 10. The molecule has 0 heterocycles. The van der Waals surface area contributed by atoms with Crippen molar-refractivity contribution >= 4 is 23.9 Å². The Morgan fingerprint density at radius 3 is 2.29 bits per heavy atom. The Morgan fingerprint density at radius 2 is 1.58 bits per heavy atom. The zero-order chi connectivity index (χ0) is 21.7. The molecular weight excluding hydrogens is 386 g/mol. The molecule has 0 spiro atoms. The highest BCUT2D eigenvalue weighted by Crippen LogP contribution is 2.20. The molecule has 31 heavy (non-hydrogen) atoms. The molecule has 0 atom stereocenters. The first-order valence-corrected chi connectivity index (χ1v) is 10.6. The van der Waals surface area contributed by atoms with Crippen LogP contribution in [-0.2, 0) is 0 Å². The van der Waals surface area contributed by atoms with Crippen LogP contribution < -0.4 is 9.47 Å². The van der Waals surface area contributed by atoms with Crippen LogP contribution >= 0.6 is 0 Å². The van der Waals surface area contributed by atoms with Crippen molar-refractivity contribution in [3.63, 3.8) is 0 Å². The van der Waals surface area contributed by atoms with Crippen molar-refractivity contribution < 1.29 is 14.3 Å². The summed E-state index contributed by atoms with van der Waals surface area (Å²) >= 11 is 0. The summed E-state index contributed by atoms with van der Waals surface area (Å²) < 4.78 is 11.1. The molecule has 4 heteroatoms. The summed E-state index contributed by atoms with van der Waals surface area (Å²) in [5.41, 5.74) is 2.38. The number of carbonyl (C=O) groups is 1. The molecule has 0 radical (unpaired) electrons. The average Bonchev–Trinajstić information content (AvgIpc) is 2.82. The molecule has 0 aliphatic heterocycles. The Morgan fingerprint density at radius 1 is 0.871 bits per heavy atom. The van der Waals surface area contributed by atoms with Crippen LogP contribution in [0.3, 0.4) is 0 Å². The molecular formula is C27H27NO3. The first-order valence-electron chi connectivity index (χ1n) is 10.6. The van der Waals surface area contributed by atoms with E-state index in [9.17, 15) is 4.79 Å². The van der Waals surface area contributed by atoms with E-state index in [0.29, 0.717) is 17.9 Å². The summed E-state index contributed by atoms with van der Waals surface area (Å²) in [4.78, 5) is 16.7. The maximum atomic E-state index is 12.4. The summed E-state index contributed by atoms with van der Waals surface area (Å²) in [6.07, 6.45) is 8.96. The predicted octanol–water partition coefficient (Wildman–Crippen LogP) is 6.89. The molecule has 0 unspecified atom stereocenters. The lowest BCUT2D eigenvalue weighted by Gasteiger charge is -2.07. The largest absolute Gasteiger partial charge is 0.494 e. The van der Waals surface area contributed by atoms with Crippen LogP contribution in [0.15, 0.2) is 89.9 Å². The van der Waals surface area contributed by atoms with Crippen LogP contribution in [0.25, 0.3) is 6.08 Å². The standard InChI is InChI=1S/C27H27NO3/c1-2-3-7-21-30-25-16-12-23(13-17-25)27(29)31-26-18-14-24(15-19-26)28-20-8-11-22-9-5-4-6-10-22/h4-6,8-20H,2-3,7,21H2,1H3. The van der Waals surface area contributed by atoms with E-state index in [0.717, 1.165) is 36.3 Å². The first kappa shape index (κ1) is 22.0. The van der Waals surface area contributed by atoms with E-state index in [4.69, 9.17) is 9.47 Å². The number of esters is 1. The average molecular weight is 414 g/mol. The molecule has 0 amide bonds. The third-order valence-electron chi connectivity index (χ3n) is 4.55. The second kappa shape index (κ2) is 12.1. The monoisotopic (exact) mass is 413 g/mol. The van der Waals surface area contributed by atoms with Gasteiger partial charge in [-0.15, -0.1) is 0 Å². The molecule has 0 aliphatic carbocycles. The second-order valence-corrected chi connectivity index (χ2v) is 7.01. The summed E-state index contributed by atoms with van der Waals surface area (Å²) in [6, 6.07) is 24.1. The van der Waals surface area contributed by atoms with E-state index in [1.165, 1.54) is 0 Å². The Kier molecular flexibility index (Phi) is 8.62. The fourth-order valence-electron chi connectivity index (χ4n) is 2.84. The maximum Gasteiger partial charge on any atom is 0.343 e. The Balaban J connectivity index is 1.49. The molecule has 158 valence electrons. The first-order chi connectivity index (χ1) is 15.2. The summed E-state index contributed by atoms with van der Waals surface area (Å²) in [6.45, 7) is 2.85. The van der Waals surface area contributed by atoms with E-state index < -0.39 is 5.97 Å². The summed E-state index contributed by atoms with van der Waals surface area (Å²) in [7, 11) is 0.